The van der Waals surface area contributed by atoms with E-state index in [1.807, 2.05) is 0 Å². The first-order chi connectivity index (χ1) is 13.3. The van der Waals surface area contributed by atoms with Gasteiger partial charge in [0.15, 0.2) is 11.5 Å². The summed E-state index contributed by atoms with van der Waals surface area (Å²) in [7, 11) is -2.52. The molecule has 0 atom stereocenters. The van der Waals surface area contributed by atoms with Gasteiger partial charge in [-0.1, -0.05) is 12.1 Å². The lowest BCUT2D eigenvalue weighted by Crippen LogP contribution is -2.41. The van der Waals surface area contributed by atoms with Crippen LogP contribution in [0, 0.1) is 11.7 Å². The van der Waals surface area contributed by atoms with E-state index in [-0.39, 0.29) is 41.3 Å². The van der Waals surface area contributed by atoms with Crippen molar-refractivity contribution in [2.24, 2.45) is 5.92 Å². The van der Waals surface area contributed by atoms with E-state index >= 15 is 0 Å². The topological polar surface area (TPSA) is 95.9 Å². The lowest BCUT2D eigenvalue weighted by atomic mass is 9.97. The molecule has 7 nitrogen and oxygen atoms in total. The van der Waals surface area contributed by atoms with Gasteiger partial charge in [-0.2, -0.15) is 4.31 Å². The summed E-state index contributed by atoms with van der Waals surface area (Å²) >= 11 is 0. The molecule has 0 radical (unpaired) electrons. The number of piperidine rings is 1. The van der Waals surface area contributed by atoms with Gasteiger partial charge < -0.3 is 15.2 Å². The number of phenolic OH excluding ortho intramolecular Hbond substituents is 1. The molecule has 28 heavy (non-hydrogen) atoms. The average Bonchev–Trinajstić information content (AvgIpc) is 2.69. The summed E-state index contributed by atoms with van der Waals surface area (Å²) < 4.78 is 45.3. The summed E-state index contributed by atoms with van der Waals surface area (Å²) in [6, 6.07) is 9.72. The number of halogens is 1. The molecule has 2 aromatic rings. The van der Waals surface area contributed by atoms with Gasteiger partial charge in [0.05, 0.1) is 7.11 Å². The molecule has 150 valence electrons. The first kappa shape index (κ1) is 20.1. The van der Waals surface area contributed by atoms with Gasteiger partial charge in [0, 0.05) is 30.8 Å². The summed E-state index contributed by atoms with van der Waals surface area (Å²) in [4.78, 5) is 12.1. The highest BCUT2D eigenvalue weighted by molar-refractivity contribution is 7.89. The fourth-order valence-corrected chi connectivity index (χ4v) is 4.69. The van der Waals surface area contributed by atoms with Crippen molar-refractivity contribution in [1.82, 2.24) is 4.31 Å². The van der Waals surface area contributed by atoms with E-state index in [1.54, 1.807) is 6.07 Å². The van der Waals surface area contributed by atoms with Crippen molar-refractivity contribution >= 4 is 21.6 Å². The summed E-state index contributed by atoms with van der Waals surface area (Å²) in [6.07, 6.45) is 0.656. The fraction of sp³-hybridized carbons (Fsp3) is 0.316. The third-order valence-electron chi connectivity index (χ3n) is 4.73. The molecule has 1 heterocycles. The van der Waals surface area contributed by atoms with Crippen LogP contribution in [0.2, 0.25) is 0 Å². The second kappa shape index (κ2) is 8.15. The van der Waals surface area contributed by atoms with Gasteiger partial charge in [0.1, 0.15) is 10.7 Å². The molecule has 9 heteroatoms. The van der Waals surface area contributed by atoms with Crippen LogP contribution in [-0.2, 0) is 14.8 Å². The first-order valence-electron chi connectivity index (χ1n) is 8.75. The fourth-order valence-electron chi connectivity index (χ4n) is 3.15. The number of amides is 1. The summed E-state index contributed by atoms with van der Waals surface area (Å²) in [5, 5.41) is 12.4. The Morgan fingerprint density at radius 3 is 2.54 bits per heavy atom. The van der Waals surface area contributed by atoms with E-state index in [0.29, 0.717) is 18.5 Å². The molecule has 0 aliphatic carbocycles. The lowest BCUT2D eigenvalue weighted by molar-refractivity contribution is -0.120. The van der Waals surface area contributed by atoms with Crippen molar-refractivity contribution in [1.29, 1.82) is 0 Å². The Hall–Kier alpha value is -2.65. The number of nitrogens with zero attached hydrogens (tertiary/aromatic N) is 1. The number of benzene rings is 2. The number of methoxy groups -OCH3 is 1. The molecule has 1 saturated heterocycles. The predicted molar refractivity (Wildman–Crippen MR) is 101 cm³/mol. The molecule has 0 bridgehead atoms. The molecule has 1 fully saturated rings. The van der Waals surface area contributed by atoms with E-state index in [0.717, 1.165) is 6.07 Å². The maximum atomic E-state index is 13.9. The monoisotopic (exact) mass is 408 g/mol. The van der Waals surface area contributed by atoms with E-state index in [2.05, 4.69) is 5.32 Å². The Balaban J connectivity index is 1.63. The molecule has 0 saturated carbocycles. The largest absolute Gasteiger partial charge is 0.504 e. The van der Waals surface area contributed by atoms with Crippen molar-refractivity contribution in [3.05, 3.63) is 48.3 Å². The van der Waals surface area contributed by atoms with Crippen molar-refractivity contribution in [2.45, 2.75) is 17.7 Å². The van der Waals surface area contributed by atoms with Gasteiger partial charge >= 0.3 is 0 Å². The SMILES string of the molecule is COc1cc(NC(=O)C2CCN(S(=O)(=O)c3ccccc3F)CC2)ccc1O. The van der Waals surface area contributed by atoms with E-state index in [9.17, 15) is 22.7 Å². The number of phenols is 1. The van der Waals surface area contributed by atoms with Gasteiger partial charge in [-0.25, -0.2) is 12.8 Å². The average molecular weight is 408 g/mol. The van der Waals surface area contributed by atoms with Crippen LogP contribution in [0.4, 0.5) is 10.1 Å². The maximum Gasteiger partial charge on any atom is 0.245 e. The Morgan fingerprint density at radius 2 is 1.89 bits per heavy atom. The van der Waals surface area contributed by atoms with Crippen molar-refractivity contribution in [2.75, 3.05) is 25.5 Å². The highest BCUT2D eigenvalue weighted by atomic mass is 32.2. The molecule has 0 unspecified atom stereocenters. The smallest absolute Gasteiger partial charge is 0.245 e. The van der Waals surface area contributed by atoms with Gasteiger partial charge in [0.2, 0.25) is 15.9 Å². The normalized spacial score (nSPS) is 15.9. The number of carbonyl (C=O) groups excluding carboxylic acids is 1. The molecule has 0 aromatic heterocycles. The zero-order valence-electron chi connectivity index (χ0n) is 15.3. The molecule has 2 N–H and O–H groups in total. The third kappa shape index (κ3) is 4.10. The number of anilines is 1. The van der Waals surface area contributed by atoms with Crippen LogP contribution in [0.1, 0.15) is 12.8 Å². The second-order valence-corrected chi connectivity index (χ2v) is 8.39. The molecular weight excluding hydrogens is 387 g/mol. The van der Waals surface area contributed by atoms with Crippen LogP contribution < -0.4 is 10.1 Å². The lowest BCUT2D eigenvalue weighted by Gasteiger charge is -2.30. The number of ether oxygens (including phenoxy) is 1. The minimum atomic E-state index is -3.93. The highest BCUT2D eigenvalue weighted by Gasteiger charge is 2.33. The van der Waals surface area contributed by atoms with Crippen molar-refractivity contribution in [3.63, 3.8) is 0 Å². The zero-order chi connectivity index (χ0) is 20.3. The minimum Gasteiger partial charge on any atom is -0.504 e. The second-order valence-electron chi connectivity index (χ2n) is 6.48. The van der Waals surface area contributed by atoms with Crippen LogP contribution in [-0.4, -0.2) is 43.9 Å². The number of nitrogens with one attached hydrogen (secondary N) is 1. The van der Waals surface area contributed by atoms with Crippen LogP contribution in [0.5, 0.6) is 11.5 Å². The Morgan fingerprint density at radius 1 is 1.21 bits per heavy atom. The standard InChI is InChI=1S/C19H21FN2O5S/c1-27-17-12-14(6-7-16(17)23)21-19(24)13-8-10-22(11-9-13)28(25,26)18-5-3-2-4-15(18)20/h2-7,12-13,23H,8-11H2,1H3,(H,21,24). The molecule has 1 amide bonds. The molecule has 3 rings (SSSR count). The van der Waals surface area contributed by atoms with Gasteiger partial charge in [0.25, 0.3) is 0 Å². The van der Waals surface area contributed by atoms with Crippen LogP contribution >= 0.6 is 0 Å². The number of sulfonamides is 1. The molecule has 0 spiro atoms. The number of aromatic hydroxyl groups is 1. The van der Waals surface area contributed by atoms with Crippen molar-refractivity contribution in [3.8, 4) is 11.5 Å². The third-order valence-corrected chi connectivity index (χ3v) is 6.66. The van der Waals surface area contributed by atoms with Crippen molar-refractivity contribution < 1.29 is 27.4 Å². The predicted octanol–water partition coefficient (Wildman–Crippen LogP) is 2.58. The number of carbonyl (C=O) groups is 1. The van der Waals surface area contributed by atoms with E-state index < -0.39 is 15.8 Å². The summed E-state index contributed by atoms with van der Waals surface area (Å²) in [6.45, 7) is 0.265. The van der Waals surface area contributed by atoms with Crippen LogP contribution in [0.15, 0.2) is 47.4 Å². The molecule has 1 aliphatic heterocycles. The first-order valence-corrected chi connectivity index (χ1v) is 10.2. The Kier molecular flexibility index (Phi) is 5.85. The van der Waals surface area contributed by atoms with Gasteiger partial charge in [-0.3, -0.25) is 4.79 Å². The minimum absolute atomic E-state index is 0.0350. The highest BCUT2D eigenvalue weighted by Crippen LogP contribution is 2.30. The maximum absolute atomic E-state index is 13.9. The van der Waals surface area contributed by atoms with E-state index in [1.165, 1.54) is 41.7 Å². The molecule has 1 aliphatic rings. The van der Waals surface area contributed by atoms with Gasteiger partial charge in [-0.15, -0.1) is 0 Å². The Labute approximate surface area is 162 Å². The zero-order valence-corrected chi connectivity index (χ0v) is 16.1. The number of rotatable bonds is 5. The summed E-state index contributed by atoms with van der Waals surface area (Å²) in [5.74, 6) is -1.19. The van der Waals surface area contributed by atoms with Gasteiger partial charge in [-0.05, 0) is 37.1 Å². The van der Waals surface area contributed by atoms with Crippen LogP contribution in [0.3, 0.4) is 0 Å². The number of hydrogen-bond donors (Lipinski definition) is 2. The quantitative estimate of drug-likeness (QED) is 0.742. The number of hydrogen-bond acceptors (Lipinski definition) is 5. The molecule has 2 aromatic carbocycles. The summed E-state index contributed by atoms with van der Waals surface area (Å²) in [5.41, 5.74) is 0.473. The van der Waals surface area contributed by atoms with E-state index in [4.69, 9.17) is 4.74 Å². The van der Waals surface area contributed by atoms with Crippen LogP contribution in [0.25, 0.3) is 0 Å². The Bertz CT molecular complexity index is 972. The molecular formula is C19H21FN2O5S.